The van der Waals surface area contributed by atoms with E-state index in [1.165, 1.54) is 17.7 Å². The van der Waals surface area contributed by atoms with E-state index in [0.29, 0.717) is 35.7 Å². The van der Waals surface area contributed by atoms with Gasteiger partial charge < -0.3 is 20.3 Å². The van der Waals surface area contributed by atoms with Crippen LogP contribution in [0.1, 0.15) is 17.7 Å². The Morgan fingerprint density at radius 3 is 2.78 bits per heavy atom. The molecule has 0 aliphatic carbocycles. The molecule has 2 atom stereocenters. The van der Waals surface area contributed by atoms with Gasteiger partial charge in [-0.05, 0) is 43.7 Å². The maximum absolute atomic E-state index is 14.6. The molecule has 2 N–H and O–H groups in total. The van der Waals surface area contributed by atoms with Crippen molar-refractivity contribution < 1.29 is 22.3 Å². The van der Waals surface area contributed by atoms with Crippen LogP contribution in [-0.2, 0) is 0 Å². The van der Waals surface area contributed by atoms with Gasteiger partial charge in [0.05, 0.1) is 42.7 Å². The number of hydrogen-bond acceptors (Lipinski definition) is 7. The van der Waals surface area contributed by atoms with Crippen LogP contribution in [0.5, 0.6) is 5.75 Å². The number of alkyl halides is 4. The van der Waals surface area contributed by atoms with Gasteiger partial charge >= 0.3 is 5.51 Å². The molecule has 3 aromatic rings. The number of thioether (sulfide) groups is 1. The SMILES string of the molecule is COc1cc(C#N)ccc1NCC#Cc1nc2c(NC3CCN(C)CC3F)cccn2c1SC(F)(F)F. The summed E-state index contributed by atoms with van der Waals surface area (Å²) in [6.07, 6.45) is 0.914. The summed E-state index contributed by atoms with van der Waals surface area (Å²) >= 11 is -0.298. The first-order valence-electron chi connectivity index (χ1n) is 11.4. The predicted molar refractivity (Wildman–Crippen MR) is 135 cm³/mol. The van der Waals surface area contributed by atoms with Crippen molar-refractivity contribution in [3.63, 3.8) is 0 Å². The number of nitrogens with zero attached hydrogens (tertiary/aromatic N) is 4. The minimum Gasteiger partial charge on any atom is -0.495 e. The van der Waals surface area contributed by atoms with Gasteiger partial charge in [0, 0.05) is 37.1 Å². The Morgan fingerprint density at radius 2 is 2.08 bits per heavy atom. The largest absolute Gasteiger partial charge is 0.495 e. The van der Waals surface area contributed by atoms with E-state index in [4.69, 9.17) is 10.00 Å². The highest BCUT2D eigenvalue weighted by molar-refractivity contribution is 8.00. The third-order valence-corrected chi connectivity index (χ3v) is 6.62. The molecule has 1 aliphatic heterocycles. The van der Waals surface area contributed by atoms with Crippen LogP contribution in [0.4, 0.5) is 28.9 Å². The Bertz CT molecular complexity index is 1370. The van der Waals surface area contributed by atoms with Crippen LogP contribution in [0.2, 0.25) is 0 Å². The molecule has 0 bridgehead atoms. The Hall–Kier alpha value is -3.61. The first kappa shape index (κ1) is 26.5. The molecule has 0 radical (unpaired) electrons. The minimum atomic E-state index is -4.55. The molecule has 4 rings (SSSR count). The van der Waals surface area contributed by atoms with E-state index < -0.39 is 17.7 Å². The second-order valence-corrected chi connectivity index (χ2v) is 9.48. The molecule has 12 heteroatoms. The lowest BCUT2D eigenvalue weighted by Gasteiger charge is -2.33. The van der Waals surface area contributed by atoms with E-state index in [-0.39, 0.29) is 41.2 Å². The minimum absolute atomic E-state index is 0.0367. The van der Waals surface area contributed by atoms with Crippen molar-refractivity contribution in [3.05, 3.63) is 47.8 Å². The average Bonchev–Trinajstić information content (AvgIpc) is 3.20. The summed E-state index contributed by atoms with van der Waals surface area (Å²) in [5, 5.41) is 15.0. The molecule has 3 heterocycles. The highest BCUT2D eigenvalue weighted by atomic mass is 32.2. The number of ether oxygens (including phenoxy) is 1. The van der Waals surface area contributed by atoms with Gasteiger partial charge in [-0.1, -0.05) is 5.92 Å². The Morgan fingerprint density at radius 1 is 1.27 bits per heavy atom. The van der Waals surface area contributed by atoms with E-state index >= 15 is 0 Å². The van der Waals surface area contributed by atoms with E-state index in [1.54, 1.807) is 30.3 Å². The van der Waals surface area contributed by atoms with Crippen LogP contribution in [0.25, 0.3) is 5.65 Å². The van der Waals surface area contributed by atoms with Crippen molar-refractivity contribution in [1.82, 2.24) is 14.3 Å². The molecule has 1 saturated heterocycles. The van der Waals surface area contributed by atoms with Crippen LogP contribution in [0.15, 0.2) is 41.6 Å². The number of pyridine rings is 1. The lowest BCUT2D eigenvalue weighted by atomic mass is 10.0. The molecule has 2 aromatic heterocycles. The topological polar surface area (TPSA) is 77.6 Å². The molecular weight excluding hydrogens is 508 g/mol. The number of benzene rings is 1. The lowest BCUT2D eigenvalue weighted by molar-refractivity contribution is -0.0329. The number of anilines is 2. The van der Waals surface area contributed by atoms with Gasteiger partial charge in [-0.25, -0.2) is 9.37 Å². The maximum atomic E-state index is 14.6. The molecular formula is C25H24F4N6OS. The fourth-order valence-electron chi connectivity index (χ4n) is 4.04. The van der Waals surface area contributed by atoms with Gasteiger partial charge in [-0.3, -0.25) is 4.40 Å². The number of fused-ring (bicyclic) bond motifs is 1. The molecule has 1 aliphatic rings. The van der Waals surface area contributed by atoms with Gasteiger partial charge in [0.1, 0.15) is 22.6 Å². The van der Waals surface area contributed by atoms with Gasteiger partial charge in [-0.2, -0.15) is 18.4 Å². The summed E-state index contributed by atoms with van der Waals surface area (Å²) in [6.45, 7) is 1.08. The number of nitriles is 1. The fraction of sp³-hybridized carbons (Fsp3) is 0.360. The average molecular weight is 533 g/mol. The molecule has 194 valence electrons. The van der Waals surface area contributed by atoms with E-state index in [2.05, 4.69) is 27.5 Å². The highest BCUT2D eigenvalue weighted by Gasteiger charge is 2.33. The number of likely N-dealkylation sites (tertiary alicyclic amines) is 1. The number of nitrogens with one attached hydrogen (secondary N) is 2. The van der Waals surface area contributed by atoms with E-state index in [9.17, 15) is 17.6 Å². The molecule has 2 unspecified atom stereocenters. The van der Waals surface area contributed by atoms with Crippen molar-refractivity contribution in [2.24, 2.45) is 0 Å². The maximum Gasteiger partial charge on any atom is 0.447 e. The summed E-state index contributed by atoms with van der Waals surface area (Å²) in [5.41, 5.74) is -2.90. The number of rotatable bonds is 6. The van der Waals surface area contributed by atoms with Crippen LogP contribution in [0.3, 0.4) is 0 Å². The number of hydrogen-bond donors (Lipinski definition) is 2. The Labute approximate surface area is 215 Å². The quantitative estimate of drug-likeness (QED) is 0.270. The molecule has 0 saturated carbocycles. The number of piperidine rings is 1. The third-order valence-electron chi connectivity index (χ3n) is 5.81. The van der Waals surface area contributed by atoms with Gasteiger partial charge in [0.15, 0.2) is 5.65 Å². The number of imidazole rings is 1. The number of methoxy groups -OCH3 is 1. The number of aromatic nitrogens is 2. The molecule has 1 fully saturated rings. The van der Waals surface area contributed by atoms with Crippen LogP contribution in [0, 0.1) is 23.2 Å². The first-order valence-corrected chi connectivity index (χ1v) is 12.2. The second-order valence-electron chi connectivity index (χ2n) is 8.43. The number of halogens is 4. The van der Waals surface area contributed by atoms with Crippen molar-refractivity contribution in [3.8, 4) is 23.7 Å². The summed E-state index contributed by atoms with van der Waals surface area (Å²) in [6, 6.07) is 9.65. The zero-order chi connectivity index (χ0) is 26.6. The van der Waals surface area contributed by atoms with Gasteiger partial charge in [0.2, 0.25) is 0 Å². The molecule has 7 nitrogen and oxygen atoms in total. The highest BCUT2D eigenvalue weighted by Crippen LogP contribution is 2.39. The third kappa shape index (κ3) is 6.40. The summed E-state index contributed by atoms with van der Waals surface area (Å²) in [7, 11) is 3.31. The molecule has 1 aromatic carbocycles. The second kappa shape index (κ2) is 11.2. The van der Waals surface area contributed by atoms with Crippen molar-refractivity contribution >= 4 is 28.8 Å². The zero-order valence-corrected chi connectivity index (χ0v) is 20.9. The van der Waals surface area contributed by atoms with E-state index in [0.717, 1.165) is 0 Å². The van der Waals surface area contributed by atoms with Gasteiger partial charge in [0.25, 0.3) is 0 Å². The monoisotopic (exact) mass is 532 g/mol. The smallest absolute Gasteiger partial charge is 0.447 e. The van der Waals surface area contributed by atoms with Crippen LogP contribution < -0.4 is 15.4 Å². The summed E-state index contributed by atoms with van der Waals surface area (Å²) < 4.78 is 61.4. The van der Waals surface area contributed by atoms with Crippen LogP contribution >= 0.6 is 11.8 Å². The summed E-state index contributed by atoms with van der Waals surface area (Å²) in [5.74, 6) is 5.98. The van der Waals surface area contributed by atoms with Gasteiger partial charge in [-0.15, -0.1) is 0 Å². The first-order chi connectivity index (χ1) is 17.7. The summed E-state index contributed by atoms with van der Waals surface area (Å²) in [4.78, 5) is 6.28. The fourth-order valence-corrected chi connectivity index (χ4v) is 4.70. The predicted octanol–water partition coefficient (Wildman–Crippen LogP) is 4.74. The zero-order valence-electron chi connectivity index (χ0n) is 20.1. The van der Waals surface area contributed by atoms with Crippen molar-refractivity contribution in [2.75, 3.05) is 44.4 Å². The molecule has 37 heavy (non-hydrogen) atoms. The Balaban J connectivity index is 1.61. The normalized spacial score (nSPS) is 18.1. The molecule has 0 spiro atoms. The lowest BCUT2D eigenvalue weighted by Crippen LogP contribution is -2.46. The van der Waals surface area contributed by atoms with E-state index in [1.807, 2.05) is 18.0 Å². The Kier molecular flexibility index (Phi) is 8.00. The molecule has 0 amide bonds. The van der Waals surface area contributed by atoms with Crippen LogP contribution in [-0.4, -0.2) is 65.8 Å². The van der Waals surface area contributed by atoms with Crippen molar-refractivity contribution in [2.45, 2.75) is 29.2 Å². The standard InChI is InChI=1S/C25H24F4N6OS/c1-34-12-9-18(17(26)15-34)32-20-6-4-11-35-23(20)33-21(24(35)37-25(27,28)29)5-3-10-31-19-8-7-16(14-30)13-22(19)36-2/h4,6-8,11,13,17-18,31-32H,9-10,12,15H2,1-2H3. The van der Waals surface area contributed by atoms with Crippen molar-refractivity contribution in [1.29, 1.82) is 5.26 Å².